The van der Waals surface area contributed by atoms with Gasteiger partial charge in [-0.2, -0.15) is 0 Å². The minimum Gasteiger partial charge on any atom is -0.368 e. The van der Waals surface area contributed by atoms with Crippen molar-refractivity contribution < 1.29 is 0 Å². The maximum atomic E-state index is 5.75. The molecule has 1 rings (SSSR count). The first-order valence-corrected chi connectivity index (χ1v) is 6.31. The molecule has 84 valence electrons. The molecule has 0 aliphatic carbocycles. The van der Waals surface area contributed by atoms with Gasteiger partial charge in [-0.25, -0.2) is 0 Å². The lowest BCUT2D eigenvalue weighted by molar-refractivity contribution is 0.498. The van der Waals surface area contributed by atoms with Crippen molar-refractivity contribution in [3.63, 3.8) is 0 Å². The quantitative estimate of drug-likeness (QED) is 0.797. The van der Waals surface area contributed by atoms with Gasteiger partial charge < -0.3 is 10.6 Å². The summed E-state index contributed by atoms with van der Waals surface area (Å²) in [7, 11) is 2.08. The molecule has 0 radical (unpaired) electrons. The number of hydrogen-bond donors (Lipinski definition) is 1. The third-order valence-electron chi connectivity index (χ3n) is 2.87. The van der Waals surface area contributed by atoms with Crippen molar-refractivity contribution in [2.24, 2.45) is 5.73 Å². The first-order chi connectivity index (χ1) is 7.01. The fourth-order valence-electron chi connectivity index (χ4n) is 1.29. The number of hydrogen-bond acceptors (Lipinski definition) is 3. The van der Waals surface area contributed by atoms with Gasteiger partial charge in [0.2, 0.25) is 0 Å². The molecule has 1 aromatic rings. The highest BCUT2D eigenvalue weighted by molar-refractivity contribution is 7.98. The molecule has 0 aromatic heterocycles. The molecule has 0 aliphatic rings. The van der Waals surface area contributed by atoms with E-state index in [0.717, 1.165) is 0 Å². The minimum atomic E-state index is 0.000867. The number of rotatable bonds is 4. The Morgan fingerprint density at radius 3 is 2.20 bits per heavy atom. The van der Waals surface area contributed by atoms with Gasteiger partial charge in [0.05, 0.1) is 0 Å². The fourth-order valence-corrected chi connectivity index (χ4v) is 1.70. The molecule has 0 saturated heterocycles. The Kier molecular flexibility index (Phi) is 4.05. The molecule has 0 bridgehead atoms. The van der Waals surface area contributed by atoms with E-state index in [9.17, 15) is 0 Å². The summed E-state index contributed by atoms with van der Waals surface area (Å²) in [6.07, 6.45) is 2.09. The first-order valence-electron chi connectivity index (χ1n) is 5.09. The summed E-state index contributed by atoms with van der Waals surface area (Å²) < 4.78 is 0. The highest BCUT2D eigenvalue weighted by Crippen LogP contribution is 2.24. The van der Waals surface area contributed by atoms with Crippen molar-refractivity contribution in [2.45, 2.75) is 24.3 Å². The summed E-state index contributed by atoms with van der Waals surface area (Å²) in [6, 6.07) is 8.57. The molecule has 0 aliphatic heterocycles. The van der Waals surface area contributed by atoms with Gasteiger partial charge in [-0.05, 0) is 44.4 Å². The molecule has 0 spiro atoms. The maximum absolute atomic E-state index is 5.75. The number of benzene rings is 1. The topological polar surface area (TPSA) is 29.3 Å². The smallest absolute Gasteiger partial charge is 0.0464 e. The van der Waals surface area contributed by atoms with E-state index in [1.165, 1.54) is 10.6 Å². The molecule has 0 heterocycles. The van der Waals surface area contributed by atoms with Crippen LogP contribution in [0.4, 0.5) is 5.69 Å². The van der Waals surface area contributed by atoms with Crippen LogP contribution in [0.15, 0.2) is 29.2 Å². The molecule has 0 unspecified atom stereocenters. The predicted molar refractivity (Wildman–Crippen MR) is 69.8 cm³/mol. The van der Waals surface area contributed by atoms with Crippen LogP contribution in [0.3, 0.4) is 0 Å². The number of nitrogens with two attached hydrogens (primary N) is 1. The van der Waals surface area contributed by atoms with Crippen LogP contribution in [0, 0.1) is 0 Å². The molecule has 0 atom stereocenters. The summed E-state index contributed by atoms with van der Waals surface area (Å²) in [5.74, 6) is 0. The van der Waals surface area contributed by atoms with E-state index in [1.807, 2.05) is 0 Å². The van der Waals surface area contributed by atoms with Crippen molar-refractivity contribution in [1.82, 2.24) is 0 Å². The number of nitrogens with zero attached hydrogens (tertiary/aromatic N) is 1. The summed E-state index contributed by atoms with van der Waals surface area (Å²) in [6.45, 7) is 4.94. The Labute approximate surface area is 96.8 Å². The van der Waals surface area contributed by atoms with Crippen molar-refractivity contribution in [3.05, 3.63) is 24.3 Å². The Morgan fingerprint density at radius 1 is 1.27 bits per heavy atom. The van der Waals surface area contributed by atoms with Gasteiger partial charge in [-0.15, -0.1) is 11.8 Å². The third kappa shape index (κ3) is 2.89. The van der Waals surface area contributed by atoms with Crippen molar-refractivity contribution in [3.8, 4) is 0 Å². The van der Waals surface area contributed by atoms with E-state index in [0.29, 0.717) is 6.54 Å². The van der Waals surface area contributed by atoms with E-state index in [1.54, 1.807) is 11.8 Å². The lowest BCUT2D eigenvalue weighted by atomic mass is 10.0. The average molecular weight is 224 g/mol. The molecule has 3 heteroatoms. The number of thioether (sulfide) groups is 1. The number of anilines is 1. The zero-order valence-corrected chi connectivity index (χ0v) is 10.8. The highest BCUT2D eigenvalue weighted by atomic mass is 32.2. The Hall–Kier alpha value is -0.670. The van der Waals surface area contributed by atoms with Crippen molar-refractivity contribution in [1.29, 1.82) is 0 Å². The molecular weight excluding hydrogens is 204 g/mol. The van der Waals surface area contributed by atoms with Crippen LogP contribution in [-0.2, 0) is 0 Å². The van der Waals surface area contributed by atoms with E-state index in [-0.39, 0.29) is 5.54 Å². The highest BCUT2D eigenvalue weighted by Gasteiger charge is 2.21. The molecule has 1 aromatic carbocycles. The summed E-state index contributed by atoms with van der Waals surface area (Å²) in [5.41, 5.74) is 6.97. The van der Waals surface area contributed by atoms with Crippen LogP contribution in [0.2, 0.25) is 0 Å². The fraction of sp³-hybridized carbons (Fsp3) is 0.500. The van der Waals surface area contributed by atoms with Gasteiger partial charge in [0.25, 0.3) is 0 Å². The maximum Gasteiger partial charge on any atom is 0.0464 e. The van der Waals surface area contributed by atoms with E-state index < -0.39 is 0 Å². The SMILES string of the molecule is CSc1ccc(N(C)C(C)(C)CN)cc1. The zero-order chi connectivity index (χ0) is 11.5. The third-order valence-corrected chi connectivity index (χ3v) is 3.61. The predicted octanol–water partition coefficient (Wildman–Crippen LogP) is 2.58. The van der Waals surface area contributed by atoms with Crippen LogP contribution in [-0.4, -0.2) is 25.4 Å². The minimum absolute atomic E-state index is 0.000867. The number of likely N-dealkylation sites (N-methyl/N-ethyl adjacent to an activating group) is 1. The molecule has 2 N–H and O–H groups in total. The summed E-state index contributed by atoms with van der Waals surface area (Å²) >= 11 is 1.76. The first kappa shape index (κ1) is 12.4. The molecular formula is C12H20N2S. The molecule has 2 nitrogen and oxygen atoms in total. The normalized spacial score (nSPS) is 11.5. The van der Waals surface area contributed by atoms with E-state index in [2.05, 4.69) is 56.3 Å². The Balaban J connectivity index is 2.87. The van der Waals surface area contributed by atoms with Crippen LogP contribution in [0.5, 0.6) is 0 Å². The van der Waals surface area contributed by atoms with E-state index >= 15 is 0 Å². The second-order valence-corrected chi connectivity index (χ2v) is 5.15. The zero-order valence-electron chi connectivity index (χ0n) is 9.95. The van der Waals surface area contributed by atoms with Gasteiger partial charge in [0, 0.05) is 29.7 Å². The summed E-state index contributed by atoms with van der Waals surface area (Å²) in [5, 5.41) is 0. The second kappa shape index (κ2) is 4.90. The van der Waals surface area contributed by atoms with Crippen LogP contribution in [0.1, 0.15) is 13.8 Å². The monoisotopic (exact) mass is 224 g/mol. The largest absolute Gasteiger partial charge is 0.368 e. The van der Waals surface area contributed by atoms with E-state index in [4.69, 9.17) is 5.73 Å². The van der Waals surface area contributed by atoms with Gasteiger partial charge in [-0.1, -0.05) is 0 Å². The van der Waals surface area contributed by atoms with Crippen LogP contribution >= 0.6 is 11.8 Å². The van der Waals surface area contributed by atoms with Gasteiger partial charge in [0.15, 0.2) is 0 Å². The molecule has 0 amide bonds. The Morgan fingerprint density at radius 2 is 1.80 bits per heavy atom. The van der Waals surface area contributed by atoms with Gasteiger partial charge in [-0.3, -0.25) is 0 Å². The van der Waals surface area contributed by atoms with Gasteiger partial charge >= 0.3 is 0 Å². The molecule has 15 heavy (non-hydrogen) atoms. The molecule has 0 fully saturated rings. The standard InChI is InChI=1S/C12H20N2S/c1-12(2,9-13)14(3)10-5-7-11(15-4)8-6-10/h5-8H,9,13H2,1-4H3. The van der Waals surface area contributed by atoms with Crippen LogP contribution in [0.25, 0.3) is 0 Å². The average Bonchev–Trinajstić information content (AvgIpc) is 2.28. The van der Waals surface area contributed by atoms with Crippen molar-refractivity contribution in [2.75, 3.05) is 24.7 Å². The van der Waals surface area contributed by atoms with Crippen LogP contribution < -0.4 is 10.6 Å². The van der Waals surface area contributed by atoms with Gasteiger partial charge in [0.1, 0.15) is 0 Å². The lowest BCUT2D eigenvalue weighted by Gasteiger charge is -2.36. The molecule has 0 saturated carbocycles. The summed E-state index contributed by atoms with van der Waals surface area (Å²) in [4.78, 5) is 3.51. The Bertz CT molecular complexity index is 306. The lowest BCUT2D eigenvalue weighted by Crippen LogP contribution is -2.47. The van der Waals surface area contributed by atoms with Crippen molar-refractivity contribution >= 4 is 17.4 Å². The second-order valence-electron chi connectivity index (χ2n) is 4.27.